The molecule has 0 spiro atoms. The summed E-state index contributed by atoms with van der Waals surface area (Å²) in [5, 5.41) is 8.80. The number of carbonyl (C=O) groups is 1. The highest BCUT2D eigenvalue weighted by molar-refractivity contribution is 7.16. The maximum Gasteiger partial charge on any atom is 0.263 e. The average molecular weight is 361 g/mol. The number of halogens is 1. The van der Waals surface area contributed by atoms with E-state index in [2.05, 4.69) is 6.58 Å². The van der Waals surface area contributed by atoms with Crippen LogP contribution < -0.4 is 4.74 Å². The third-order valence-corrected chi connectivity index (χ3v) is 4.50. The van der Waals surface area contributed by atoms with Crippen LogP contribution in [0.2, 0.25) is 4.34 Å². The van der Waals surface area contributed by atoms with Crippen molar-refractivity contribution in [3.8, 4) is 11.8 Å². The second kappa shape index (κ2) is 8.53. The summed E-state index contributed by atoms with van der Waals surface area (Å²) in [6.07, 6.45) is 1.04. The van der Waals surface area contributed by atoms with Crippen molar-refractivity contribution >= 4 is 28.8 Å². The van der Waals surface area contributed by atoms with Gasteiger partial charge in [0.1, 0.15) is 5.75 Å². The lowest BCUT2D eigenvalue weighted by Crippen LogP contribution is -2.40. The van der Waals surface area contributed by atoms with Gasteiger partial charge in [-0.1, -0.05) is 17.7 Å². The van der Waals surface area contributed by atoms with Gasteiger partial charge in [-0.15, -0.1) is 17.9 Å². The molecule has 6 heteroatoms. The highest BCUT2D eigenvalue weighted by Gasteiger charge is 2.22. The lowest BCUT2D eigenvalue weighted by molar-refractivity contribution is -0.138. The molecule has 0 saturated carbocycles. The van der Waals surface area contributed by atoms with Crippen LogP contribution in [0.5, 0.6) is 5.75 Å². The van der Waals surface area contributed by atoms with Crippen LogP contribution in [0.25, 0.3) is 0 Å². The largest absolute Gasteiger partial charge is 0.481 e. The van der Waals surface area contributed by atoms with Gasteiger partial charge in [-0.3, -0.25) is 4.79 Å². The summed E-state index contributed by atoms with van der Waals surface area (Å²) in [7, 11) is 0. The molecule has 0 radical (unpaired) electrons. The van der Waals surface area contributed by atoms with E-state index in [1.54, 1.807) is 42.2 Å². The summed E-state index contributed by atoms with van der Waals surface area (Å²) in [6.45, 7) is 6.30. The Kier molecular flexibility index (Phi) is 6.42. The first-order chi connectivity index (χ1) is 11.5. The molecule has 1 atom stereocenters. The molecule has 1 amide bonds. The summed E-state index contributed by atoms with van der Waals surface area (Å²) >= 11 is 7.39. The number of hydrogen-bond acceptors (Lipinski definition) is 4. The molecule has 2 rings (SSSR count). The topological polar surface area (TPSA) is 53.3 Å². The lowest BCUT2D eigenvalue weighted by atomic mass is 10.2. The Bertz CT molecular complexity index is 749. The van der Waals surface area contributed by atoms with E-state index in [1.807, 2.05) is 18.2 Å². The minimum absolute atomic E-state index is 0.135. The number of carbonyl (C=O) groups excluding carboxylic acids is 1. The Labute approximate surface area is 150 Å². The van der Waals surface area contributed by atoms with Gasteiger partial charge in [0.15, 0.2) is 6.10 Å². The monoisotopic (exact) mass is 360 g/mol. The molecule has 0 fully saturated rings. The Morgan fingerprint density at radius 1 is 1.42 bits per heavy atom. The van der Waals surface area contributed by atoms with E-state index in [-0.39, 0.29) is 5.91 Å². The Hall–Kier alpha value is -2.29. The quantitative estimate of drug-likeness (QED) is 0.693. The van der Waals surface area contributed by atoms with Crippen molar-refractivity contribution in [3.05, 3.63) is 63.8 Å². The third-order valence-electron chi connectivity index (χ3n) is 3.28. The summed E-state index contributed by atoms with van der Waals surface area (Å²) < 4.78 is 6.38. The maximum atomic E-state index is 12.6. The summed E-state index contributed by atoms with van der Waals surface area (Å²) in [5.74, 6) is 0.413. The van der Waals surface area contributed by atoms with E-state index < -0.39 is 6.10 Å². The first-order valence-corrected chi connectivity index (χ1v) is 8.53. The fraction of sp³-hybridized carbons (Fsp3) is 0.222. The van der Waals surface area contributed by atoms with Gasteiger partial charge < -0.3 is 9.64 Å². The molecule has 0 bridgehead atoms. The predicted molar refractivity (Wildman–Crippen MR) is 96.2 cm³/mol. The number of ether oxygens (including phenoxy) is 1. The zero-order valence-corrected chi connectivity index (χ0v) is 14.8. The zero-order chi connectivity index (χ0) is 17.5. The molecule has 1 aromatic carbocycles. The average Bonchev–Trinajstić information content (AvgIpc) is 2.99. The van der Waals surface area contributed by atoms with Crippen LogP contribution in [0.1, 0.15) is 17.4 Å². The van der Waals surface area contributed by atoms with E-state index in [1.165, 1.54) is 11.3 Å². The second-order valence-electron chi connectivity index (χ2n) is 5.11. The van der Waals surface area contributed by atoms with Crippen LogP contribution in [-0.4, -0.2) is 23.5 Å². The number of amides is 1. The highest BCUT2D eigenvalue weighted by Crippen LogP contribution is 2.23. The van der Waals surface area contributed by atoms with Crippen molar-refractivity contribution in [3.63, 3.8) is 0 Å². The highest BCUT2D eigenvalue weighted by atomic mass is 35.5. The molecule has 0 N–H and O–H groups in total. The number of hydrogen-bond donors (Lipinski definition) is 0. The van der Waals surface area contributed by atoms with Crippen molar-refractivity contribution < 1.29 is 9.53 Å². The van der Waals surface area contributed by atoms with E-state index >= 15 is 0 Å². The summed E-state index contributed by atoms with van der Waals surface area (Å²) in [4.78, 5) is 15.3. The van der Waals surface area contributed by atoms with Crippen LogP contribution >= 0.6 is 22.9 Å². The Balaban J connectivity index is 2.04. The third kappa shape index (κ3) is 4.85. The van der Waals surface area contributed by atoms with Crippen LogP contribution in [0, 0.1) is 11.3 Å². The van der Waals surface area contributed by atoms with Crippen molar-refractivity contribution in [1.82, 2.24) is 4.90 Å². The Morgan fingerprint density at radius 3 is 2.67 bits per heavy atom. The molecule has 0 aliphatic carbocycles. The van der Waals surface area contributed by atoms with Gasteiger partial charge in [0.05, 0.1) is 22.5 Å². The molecule has 0 saturated heterocycles. The van der Waals surface area contributed by atoms with E-state index in [4.69, 9.17) is 21.6 Å². The standard InChI is InChI=1S/C18H17ClN2O2S/c1-3-10-21(12-16-8-9-17(19)24-16)18(22)13(2)23-15-6-4-14(11-20)5-7-15/h3-9,13H,1,10,12H2,2H3/t13-/m0/s1. The van der Waals surface area contributed by atoms with Crippen LogP contribution in [0.15, 0.2) is 49.1 Å². The number of benzene rings is 1. The maximum absolute atomic E-state index is 12.6. The van der Waals surface area contributed by atoms with Crippen LogP contribution in [-0.2, 0) is 11.3 Å². The fourth-order valence-electron chi connectivity index (χ4n) is 2.13. The molecule has 1 heterocycles. The molecular weight excluding hydrogens is 344 g/mol. The number of nitrogens with zero attached hydrogens (tertiary/aromatic N) is 2. The van der Waals surface area contributed by atoms with E-state index in [0.717, 1.165) is 4.88 Å². The molecule has 0 aliphatic heterocycles. The molecule has 24 heavy (non-hydrogen) atoms. The van der Waals surface area contributed by atoms with Crippen LogP contribution in [0.4, 0.5) is 0 Å². The summed E-state index contributed by atoms with van der Waals surface area (Å²) in [6, 6.07) is 12.4. The van der Waals surface area contributed by atoms with Gasteiger partial charge in [0, 0.05) is 11.4 Å². The van der Waals surface area contributed by atoms with E-state index in [0.29, 0.717) is 28.7 Å². The number of nitriles is 1. The van der Waals surface area contributed by atoms with Gasteiger partial charge in [-0.25, -0.2) is 0 Å². The van der Waals surface area contributed by atoms with Crippen molar-refractivity contribution in [1.29, 1.82) is 5.26 Å². The number of rotatable bonds is 7. The van der Waals surface area contributed by atoms with Crippen molar-refractivity contribution in [2.24, 2.45) is 0 Å². The first-order valence-electron chi connectivity index (χ1n) is 7.34. The molecule has 0 aliphatic rings. The number of thiophene rings is 1. The van der Waals surface area contributed by atoms with Crippen molar-refractivity contribution in [2.45, 2.75) is 19.6 Å². The van der Waals surface area contributed by atoms with Gasteiger partial charge in [-0.05, 0) is 43.3 Å². The molecule has 0 unspecified atom stereocenters. The van der Waals surface area contributed by atoms with Crippen molar-refractivity contribution in [2.75, 3.05) is 6.54 Å². The molecular formula is C18H17ClN2O2S. The van der Waals surface area contributed by atoms with Crippen LogP contribution in [0.3, 0.4) is 0 Å². The zero-order valence-electron chi connectivity index (χ0n) is 13.2. The predicted octanol–water partition coefficient (Wildman–Crippen LogP) is 4.26. The van der Waals surface area contributed by atoms with Gasteiger partial charge in [0.25, 0.3) is 5.91 Å². The molecule has 2 aromatic rings. The smallest absolute Gasteiger partial charge is 0.263 e. The Morgan fingerprint density at radius 2 is 2.12 bits per heavy atom. The minimum atomic E-state index is -0.645. The SMILES string of the molecule is C=CCN(Cc1ccc(Cl)s1)C(=O)[C@H](C)Oc1ccc(C#N)cc1. The minimum Gasteiger partial charge on any atom is -0.481 e. The van der Waals surface area contributed by atoms with Gasteiger partial charge in [0.2, 0.25) is 0 Å². The summed E-state index contributed by atoms with van der Waals surface area (Å²) in [5.41, 5.74) is 0.546. The first kappa shape index (κ1) is 18.1. The lowest BCUT2D eigenvalue weighted by Gasteiger charge is -2.24. The van der Waals surface area contributed by atoms with E-state index in [9.17, 15) is 4.79 Å². The molecule has 124 valence electrons. The second-order valence-corrected chi connectivity index (χ2v) is 6.91. The molecule has 1 aromatic heterocycles. The van der Waals surface area contributed by atoms with Gasteiger partial charge >= 0.3 is 0 Å². The normalized spacial score (nSPS) is 11.4. The fourth-order valence-corrected chi connectivity index (χ4v) is 3.24. The van der Waals surface area contributed by atoms with Gasteiger partial charge in [-0.2, -0.15) is 5.26 Å². The molecule has 4 nitrogen and oxygen atoms in total.